The van der Waals surface area contributed by atoms with Crippen LogP contribution in [-0.2, 0) is 32.0 Å². The van der Waals surface area contributed by atoms with Crippen LogP contribution in [-0.4, -0.2) is 61.2 Å². The van der Waals surface area contributed by atoms with E-state index in [2.05, 4.69) is 9.88 Å². The minimum atomic E-state index is -0.790. The summed E-state index contributed by atoms with van der Waals surface area (Å²) in [5.74, 6) is 0.140. The molecule has 2 aromatic carbocycles. The Bertz CT molecular complexity index is 1190. The zero-order chi connectivity index (χ0) is 26.0. The van der Waals surface area contributed by atoms with Crippen molar-refractivity contribution in [2.45, 2.75) is 25.9 Å². The highest BCUT2D eigenvalue weighted by Crippen LogP contribution is 2.19. The molecule has 0 radical (unpaired) electrons. The number of nitrogens with zero attached hydrogens (tertiary/aromatic N) is 3. The number of benzene rings is 2. The SMILES string of the molecule is COC(=O)C(Cc1ccccc1)N(Cc1ccc(N2CCOCC2)nc1)C(=O)C=Cc1ccc(C)cc1. The Morgan fingerprint density at radius 1 is 1.03 bits per heavy atom. The summed E-state index contributed by atoms with van der Waals surface area (Å²) in [6, 6.07) is 20.7. The van der Waals surface area contributed by atoms with Gasteiger partial charge in [0.25, 0.3) is 0 Å². The summed E-state index contributed by atoms with van der Waals surface area (Å²) in [4.78, 5) is 34.9. The third-order valence-electron chi connectivity index (χ3n) is 6.40. The fourth-order valence-corrected chi connectivity index (χ4v) is 4.26. The zero-order valence-electron chi connectivity index (χ0n) is 21.4. The molecule has 2 heterocycles. The Hall–Kier alpha value is -3.97. The van der Waals surface area contributed by atoms with Crippen molar-refractivity contribution in [2.75, 3.05) is 38.3 Å². The number of methoxy groups -OCH3 is 1. The molecule has 1 saturated heterocycles. The van der Waals surface area contributed by atoms with E-state index in [4.69, 9.17) is 9.47 Å². The van der Waals surface area contributed by atoms with Crippen molar-refractivity contribution in [2.24, 2.45) is 0 Å². The van der Waals surface area contributed by atoms with E-state index in [-0.39, 0.29) is 12.5 Å². The minimum absolute atomic E-state index is 0.222. The number of pyridine rings is 1. The lowest BCUT2D eigenvalue weighted by atomic mass is 10.0. The highest BCUT2D eigenvalue weighted by molar-refractivity contribution is 5.94. The summed E-state index contributed by atoms with van der Waals surface area (Å²) in [5.41, 5.74) is 3.83. The number of anilines is 1. The van der Waals surface area contributed by atoms with Gasteiger partial charge in [0.15, 0.2) is 0 Å². The van der Waals surface area contributed by atoms with Crippen LogP contribution in [0.3, 0.4) is 0 Å². The van der Waals surface area contributed by atoms with Crippen LogP contribution in [0.15, 0.2) is 79.0 Å². The normalized spacial score (nSPS) is 14.4. The van der Waals surface area contributed by atoms with E-state index in [1.165, 1.54) is 13.2 Å². The molecule has 0 aliphatic carbocycles. The van der Waals surface area contributed by atoms with Crippen LogP contribution in [0, 0.1) is 6.92 Å². The molecule has 1 aliphatic rings. The maximum absolute atomic E-state index is 13.5. The summed E-state index contributed by atoms with van der Waals surface area (Å²) >= 11 is 0. The first-order chi connectivity index (χ1) is 18.0. The first kappa shape index (κ1) is 26.1. The predicted octanol–water partition coefficient (Wildman–Crippen LogP) is 4.05. The highest BCUT2D eigenvalue weighted by Gasteiger charge is 2.30. The van der Waals surface area contributed by atoms with Gasteiger partial charge in [-0.3, -0.25) is 4.79 Å². The van der Waals surface area contributed by atoms with E-state index in [1.54, 1.807) is 17.2 Å². The Kier molecular flexibility index (Phi) is 9.05. The number of esters is 1. The van der Waals surface area contributed by atoms with Crippen molar-refractivity contribution < 1.29 is 19.1 Å². The van der Waals surface area contributed by atoms with Gasteiger partial charge < -0.3 is 19.3 Å². The van der Waals surface area contributed by atoms with Crippen molar-refractivity contribution in [3.8, 4) is 0 Å². The molecule has 7 nitrogen and oxygen atoms in total. The fourth-order valence-electron chi connectivity index (χ4n) is 4.26. The lowest BCUT2D eigenvalue weighted by molar-refractivity contribution is -0.151. The molecule has 7 heteroatoms. The average Bonchev–Trinajstić information content (AvgIpc) is 2.95. The Balaban J connectivity index is 1.60. The lowest BCUT2D eigenvalue weighted by Gasteiger charge is -2.30. The molecule has 1 atom stereocenters. The number of aryl methyl sites for hydroxylation is 1. The number of carbonyl (C=O) groups is 2. The van der Waals surface area contributed by atoms with E-state index >= 15 is 0 Å². The maximum Gasteiger partial charge on any atom is 0.328 e. The molecule has 3 aromatic rings. The maximum atomic E-state index is 13.5. The van der Waals surface area contributed by atoms with Gasteiger partial charge in [-0.2, -0.15) is 0 Å². The second-order valence-electron chi connectivity index (χ2n) is 9.06. The van der Waals surface area contributed by atoms with Gasteiger partial charge >= 0.3 is 5.97 Å². The molecule has 1 aliphatic heterocycles. The summed E-state index contributed by atoms with van der Waals surface area (Å²) < 4.78 is 10.6. The summed E-state index contributed by atoms with van der Waals surface area (Å²) in [7, 11) is 1.35. The summed E-state index contributed by atoms with van der Waals surface area (Å²) in [6.45, 7) is 5.19. The molecular weight excluding hydrogens is 466 g/mol. The molecule has 1 aromatic heterocycles. The van der Waals surface area contributed by atoms with Crippen LogP contribution in [0.1, 0.15) is 22.3 Å². The second-order valence-corrected chi connectivity index (χ2v) is 9.06. The fraction of sp³-hybridized carbons (Fsp3) is 0.300. The standard InChI is InChI=1S/C30H33N3O4/c1-23-8-10-24(11-9-23)13-15-29(34)33(27(30(35)36-2)20-25-6-4-3-5-7-25)22-26-12-14-28(31-21-26)32-16-18-37-19-17-32/h3-15,21,27H,16-20,22H2,1-2H3. The molecule has 37 heavy (non-hydrogen) atoms. The van der Waals surface area contributed by atoms with Crippen molar-refractivity contribution in [1.82, 2.24) is 9.88 Å². The number of hydrogen-bond donors (Lipinski definition) is 0. The third-order valence-corrected chi connectivity index (χ3v) is 6.40. The number of carbonyl (C=O) groups excluding carboxylic acids is 2. The van der Waals surface area contributed by atoms with E-state index in [9.17, 15) is 9.59 Å². The van der Waals surface area contributed by atoms with Crippen molar-refractivity contribution in [3.63, 3.8) is 0 Å². The Morgan fingerprint density at radius 3 is 2.41 bits per heavy atom. The first-order valence-electron chi connectivity index (χ1n) is 12.5. The monoisotopic (exact) mass is 499 g/mol. The van der Waals surface area contributed by atoms with E-state index < -0.39 is 12.0 Å². The highest BCUT2D eigenvalue weighted by atomic mass is 16.5. The number of ether oxygens (including phenoxy) is 2. The lowest BCUT2D eigenvalue weighted by Crippen LogP contribution is -2.46. The molecule has 192 valence electrons. The summed E-state index contributed by atoms with van der Waals surface area (Å²) in [6.07, 6.45) is 5.40. The molecule has 1 unspecified atom stereocenters. The summed E-state index contributed by atoms with van der Waals surface area (Å²) in [5, 5.41) is 0. The van der Waals surface area contributed by atoms with Gasteiger partial charge in [0.1, 0.15) is 11.9 Å². The predicted molar refractivity (Wildman–Crippen MR) is 144 cm³/mol. The third kappa shape index (κ3) is 7.27. The quantitative estimate of drug-likeness (QED) is 0.327. The van der Waals surface area contributed by atoms with Gasteiger partial charge in [0, 0.05) is 38.3 Å². The van der Waals surface area contributed by atoms with Gasteiger partial charge in [0.05, 0.1) is 20.3 Å². The number of rotatable bonds is 9. The van der Waals surface area contributed by atoms with Crippen LogP contribution in [0.25, 0.3) is 6.08 Å². The number of morpholine rings is 1. The molecule has 0 spiro atoms. The van der Waals surface area contributed by atoms with E-state index in [1.807, 2.05) is 73.7 Å². The number of aromatic nitrogens is 1. The van der Waals surface area contributed by atoms with Crippen LogP contribution in [0.5, 0.6) is 0 Å². The zero-order valence-corrected chi connectivity index (χ0v) is 21.4. The van der Waals surface area contributed by atoms with Crippen LogP contribution in [0.2, 0.25) is 0 Å². The van der Waals surface area contributed by atoms with E-state index in [0.717, 1.165) is 41.2 Å². The first-order valence-corrected chi connectivity index (χ1v) is 12.5. The van der Waals surface area contributed by atoms with Crippen LogP contribution < -0.4 is 4.90 Å². The largest absolute Gasteiger partial charge is 0.467 e. The topological polar surface area (TPSA) is 72.0 Å². The van der Waals surface area contributed by atoms with Crippen LogP contribution >= 0.6 is 0 Å². The number of hydrogen-bond acceptors (Lipinski definition) is 6. The molecule has 0 N–H and O–H groups in total. The van der Waals surface area contributed by atoms with E-state index in [0.29, 0.717) is 19.6 Å². The Labute approximate surface area is 218 Å². The average molecular weight is 500 g/mol. The van der Waals surface area contributed by atoms with Gasteiger partial charge in [0.2, 0.25) is 5.91 Å². The van der Waals surface area contributed by atoms with Crippen molar-refractivity contribution >= 4 is 23.8 Å². The smallest absolute Gasteiger partial charge is 0.328 e. The van der Waals surface area contributed by atoms with Crippen molar-refractivity contribution in [1.29, 1.82) is 0 Å². The second kappa shape index (κ2) is 12.8. The molecule has 1 fully saturated rings. The van der Waals surface area contributed by atoms with Gasteiger partial charge in [-0.25, -0.2) is 9.78 Å². The van der Waals surface area contributed by atoms with Gasteiger partial charge in [-0.1, -0.05) is 66.2 Å². The molecule has 0 bridgehead atoms. The number of amides is 1. The van der Waals surface area contributed by atoms with Crippen molar-refractivity contribution in [3.05, 3.63) is 101 Å². The Morgan fingerprint density at radius 2 is 1.76 bits per heavy atom. The van der Waals surface area contributed by atoms with Crippen LogP contribution in [0.4, 0.5) is 5.82 Å². The van der Waals surface area contributed by atoms with Gasteiger partial charge in [-0.05, 0) is 35.8 Å². The minimum Gasteiger partial charge on any atom is -0.467 e. The molecular formula is C30H33N3O4. The molecule has 4 rings (SSSR count). The molecule has 1 amide bonds. The molecule has 0 saturated carbocycles. The van der Waals surface area contributed by atoms with Gasteiger partial charge in [-0.15, -0.1) is 0 Å².